The van der Waals surface area contributed by atoms with Gasteiger partial charge < -0.3 is 4.74 Å². The van der Waals surface area contributed by atoms with E-state index in [1.807, 2.05) is 5.32 Å². The Balaban J connectivity index is 3.77. The molecule has 0 aliphatic rings. The fourth-order valence-electron chi connectivity index (χ4n) is 0.470. The Morgan fingerprint density at radius 1 is 1.46 bits per heavy atom. The predicted molar refractivity (Wildman–Crippen MR) is 53.0 cm³/mol. The van der Waals surface area contributed by atoms with Crippen molar-refractivity contribution >= 4 is 20.1 Å². The summed E-state index contributed by atoms with van der Waals surface area (Å²) in [6.45, 7) is 9.41. The fourth-order valence-corrected chi connectivity index (χ4v) is 1.03. The Hall–Kier alpha value is -1.10. The molecular formula is C8H15NO3Si. The minimum Gasteiger partial charge on any atom is -0.453 e. The van der Waals surface area contributed by atoms with Crippen LogP contribution in [0.2, 0.25) is 19.6 Å². The molecule has 2 amide bonds. The fraction of sp³-hybridized carbons (Fsp3) is 0.500. The maximum absolute atomic E-state index is 10.9. The Morgan fingerprint density at radius 3 is 2.38 bits per heavy atom. The van der Waals surface area contributed by atoms with Crippen molar-refractivity contribution in [3.8, 4) is 0 Å². The van der Waals surface area contributed by atoms with Gasteiger partial charge in [-0.3, -0.25) is 10.1 Å². The zero-order valence-electron chi connectivity index (χ0n) is 8.22. The first-order valence-corrected chi connectivity index (χ1v) is 7.66. The predicted octanol–water partition coefficient (Wildman–Crippen LogP) is 1.30. The van der Waals surface area contributed by atoms with Gasteiger partial charge in [0.05, 0.1) is 14.3 Å². The zero-order valence-corrected chi connectivity index (χ0v) is 9.22. The summed E-state index contributed by atoms with van der Waals surface area (Å²) in [5, 5.41) is 2.01. The van der Waals surface area contributed by atoms with E-state index in [9.17, 15) is 9.59 Å². The summed E-state index contributed by atoms with van der Waals surface area (Å²) in [6.07, 6.45) is 0.728. The summed E-state index contributed by atoms with van der Waals surface area (Å²) >= 11 is 0. The number of nitrogens with one attached hydrogen (secondary N) is 1. The lowest BCUT2D eigenvalue weighted by atomic mass is 10.6. The monoisotopic (exact) mass is 201 g/mol. The van der Waals surface area contributed by atoms with Gasteiger partial charge in [-0.1, -0.05) is 26.2 Å². The minimum absolute atomic E-state index is 0.406. The molecule has 5 heteroatoms. The van der Waals surface area contributed by atoms with Crippen molar-refractivity contribution in [3.05, 3.63) is 12.7 Å². The highest BCUT2D eigenvalue weighted by molar-refractivity contribution is 6.76. The number of hydrogen-bond donors (Lipinski definition) is 1. The first kappa shape index (κ1) is 11.9. The largest absolute Gasteiger partial charge is 0.453 e. The third-order valence-electron chi connectivity index (χ3n) is 1.05. The molecule has 13 heavy (non-hydrogen) atoms. The number of alkyl carbamates (subject to hydrolysis) is 1. The molecule has 0 spiro atoms. The molecule has 0 atom stereocenters. The van der Waals surface area contributed by atoms with Gasteiger partial charge in [0, 0.05) is 0 Å². The summed E-state index contributed by atoms with van der Waals surface area (Å²) in [5.41, 5.74) is 0. The first-order valence-electron chi connectivity index (χ1n) is 3.95. The van der Waals surface area contributed by atoms with Crippen molar-refractivity contribution in [1.29, 1.82) is 0 Å². The lowest BCUT2D eigenvalue weighted by molar-refractivity contribution is -0.115. The van der Waals surface area contributed by atoms with Crippen LogP contribution in [0.3, 0.4) is 0 Å². The molecule has 0 aliphatic heterocycles. The van der Waals surface area contributed by atoms with Crippen LogP contribution in [0.4, 0.5) is 4.79 Å². The van der Waals surface area contributed by atoms with Crippen molar-refractivity contribution in [3.63, 3.8) is 0 Å². The maximum Gasteiger partial charge on any atom is 0.413 e. The van der Waals surface area contributed by atoms with Crippen molar-refractivity contribution in [2.75, 3.05) is 6.23 Å². The molecule has 0 aromatic rings. The molecule has 74 valence electrons. The summed E-state index contributed by atoms with van der Waals surface area (Å²) in [4.78, 5) is 21.5. The van der Waals surface area contributed by atoms with Crippen LogP contribution in [-0.2, 0) is 9.53 Å². The first-order chi connectivity index (χ1) is 5.85. The van der Waals surface area contributed by atoms with Gasteiger partial charge in [-0.05, 0) is 6.08 Å². The second-order valence-electron chi connectivity index (χ2n) is 3.83. The average molecular weight is 201 g/mol. The number of amides is 2. The number of rotatable bonds is 3. The number of carbonyl (C=O) groups is 2. The van der Waals surface area contributed by atoms with Crippen molar-refractivity contribution in [1.82, 2.24) is 5.32 Å². The molecule has 4 nitrogen and oxygen atoms in total. The molecule has 0 saturated carbocycles. The van der Waals surface area contributed by atoms with Crippen LogP contribution in [-0.4, -0.2) is 26.3 Å². The van der Waals surface area contributed by atoms with Gasteiger partial charge in [-0.15, -0.1) is 0 Å². The van der Waals surface area contributed by atoms with Gasteiger partial charge in [0.25, 0.3) is 5.91 Å². The van der Waals surface area contributed by atoms with E-state index >= 15 is 0 Å². The topological polar surface area (TPSA) is 55.4 Å². The molecule has 0 fully saturated rings. The second kappa shape index (κ2) is 4.81. The summed E-state index contributed by atoms with van der Waals surface area (Å²) in [7, 11) is -1.40. The van der Waals surface area contributed by atoms with Crippen LogP contribution in [0.25, 0.3) is 0 Å². The van der Waals surface area contributed by atoms with Gasteiger partial charge in [0.15, 0.2) is 0 Å². The van der Waals surface area contributed by atoms with Gasteiger partial charge in [0.1, 0.15) is 0 Å². The van der Waals surface area contributed by atoms with Crippen LogP contribution in [0, 0.1) is 0 Å². The van der Waals surface area contributed by atoms with E-state index in [1.54, 1.807) is 0 Å². The highest BCUT2D eigenvalue weighted by Crippen LogP contribution is 2.00. The van der Waals surface area contributed by atoms with E-state index in [1.165, 1.54) is 0 Å². The molecule has 0 aliphatic carbocycles. The lowest BCUT2D eigenvalue weighted by Gasteiger charge is -2.15. The molecule has 0 rings (SSSR count). The molecule has 0 aromatic heterocycles. The van der Waals surface area contributed by atoms with E-state index in [0.717, 1.165) is 6.08 Å². The van der Waals surface area contributed by atoms with Gasteiger partial charge in [-0.25, -0.2) is 4.79 Å². The van der Waals surface area contributed by atoms with Crippen LogP contribution < -0.4 is 5.32 Å². The summed E-state index contributed by atoms with van der Waals surface area (Å²) in [5.74, 6) is -0.541. The summed E-state index contributed by atoms with van der Waals surface area (Å²) in [6, 6.07) is 0. The highest BCUT2D eigenvalue weighted by Gasteiger charge is 2.16. The number of ether oxygens (including phenoxy) is 1. The Morgan fingerprint density at radius 2 is 2.00 bits per heavy atom. The van der Waals surface area contributed by atoms with Gasteiger partial charge in [-0.2, -0.15) is 0 Å². The van der Waals surface area contributed by atoms with Crippen molar-refractivity contribution in [2.24, 2.45) is 0 Å². The van der Waals surface area contributed by atoms with E-state index in [0.29, 0.717) is 6.23 Å². The van der Waals surface area contributed by atoms with Crippen LogP contribution in [0.5, 0.6) is 0 Å². The zero-order chi connectivity index (χ0) is 10.5. The maximum atomic E-state index is 10.9. The van der Waals surface area contributed by atoms with E-state index in [4.69, 9.17) is 4.74 Å². The Bertz CT molecular complexity index is 220. The van der Waals surface area contributed by atoms with Gasteiger partial charge in [0.2, 0.25) is 0 Å². The van der Waals surface area contributed by atoms with Crippen LogP contribution in [0.1, 0.15) is 0 Å². The Kier molecular flexibility index (Phi) is 4.40. The number of carbonyl (C=O) groups excluding carboxylic acids is 2. The second-order valence-corrected chi connectivity index (χ2v) is 9.24. The quantitative estimate of drug-likeness (QED) is 0.553. The third-order valence-corrected chi connectivity index (χ3v) is 2.06. The number of imide groups is 1. The molecule has 0 aromatic carbocycles. The van der Waals surface area contributed by atoms with Crippen LogP contribution >= 0.6 is 0 Å². The van der Waals surface area contributed by atoms with E-state index < -0.39 is 20.1 Å². The molecule has 0 radical (unpaired) electrons. The Labute approximate surface area is 79.0 Å². The SMILES string of the molecule is C=CC(=O)NC(=O)OC[Si](C)(C)C. The van der Waals surface area contributed by atoms with Crippen molar-refractivity contribution < 1.29 is 14.3 Å². The standard InChI is InChI=1S/C8H15NO3Si/c1-5-7(10)9-8(11)12-6-13(2,3)4/h5H,1,6H2,2-4H3,(H,9,10,11). The summed E-state index contributed by atoms with van der Waals surface area (Å²) < 4.78 is 4.82. The van der Waals surface area contributed by atoms with Crippen molar-refractivity contribution in [2.45, 2.75) is 19.6 Å². The smallest absolute Gasteiger partial charge is 0.413 e. The van der Waals surface area contributed by atoms with E-state index in [2.05, 4.69) is 26.2 Å². The normalized spacial score (nSPS) is 10.4. The molecular weight excluding hydrogens is 186 g/mol. The minimum atomic E-state index is -1.40. The highest BCUT2D eigenvalue weighted by atomic mass is 28.3. The average Bonchev–Trinajstić information content (AvgIpc) is 1.99. The molecule has 0 bridgehead atoms. The van der Waals surface area contributed by atoms with E-state index in [-0.39, 0.29) is 0 Å². The molecule has 0 unspecified atom stereocenters. The molecule has 0 saturated heterocycles. The number of hydrogen-bond acceptors (Lipinski definition) is 3. The lowest BCUT2D eigenvalue weighted by Crippen LogP contribution is -2.35. The van der Waals surface area contributed by atoms with Crippen LogP contribution in [0.15, 0.2) is 12.7 Å². The van der Waals surface area contributed by atoms with Gasteiger partial charge >= 0.3 is 6.09 Å². The third kappa shape index (κ3) is 7.26. The molecule has 0 heterocycles. The molecule has 1 N–H and O–H groups in total.